The van der Waals surface area contributed by atoms with Gasteiger partial charge in [-0.3, -0.25) is 14.3 Å². The predicted octanol–water partition coefficient (Wildman–Crippen LogP) is 4.63. The fourth-order valence-electron chi connectivity index (χ4n) is 2.54. The second-order valence-corrected chi connectivity index (χ2v) is 7.80. The number of hydrogen-bond donors (Lipinski definition) is 2. The van der Waals surface area contributed by atoms with E-state index < -0.39 is 39.8 Å². The number of benzene rings is 1. The van der Waals surface area contributed by atoms with Gasteiger partial charge in [0.25, 0.3) is 11.8 Å². The molecule has 1 aliphatic rings. The lowest BCUT2D eigenvalue weighted by Crippen LogP contribution is -2.34. The van der Waals surface area contributed by atoms with Crippen molar-refractivity contribution in [3.05, 3.63) is 44.6 Å². The second-order valence-electron chi connectivity index (χ2n) is 6.60. The Balaban J connectivity index is 1.87. The third kappa shape index (κ3) is 4.29. The second kappa shape index (κ2) is 7.80. The van der Waals surface area contributed by atoms with Crippen molar-refractivity contribution in [3.63, 3.8) is 0 Å². The van der Waals surface area contributed by atoms with Crippen LogP contribution < -0.4 is 10.6 Å². The van der Waals surface area contributed by atoms with Crippen LogP contribution in [0.15, 0.2) is 22.7 Å². The summed E-state index contributed by atoms with van der Waals surface area (Å²) < 4.78 is 65.2. The van der Waals surface area contributed by atoms with E-state index in [1.165, 1.54) is 18.2 Å². The van der Waals surface area contributed by atoms with Gasteiger partial charge in [-0.05, 0) is 47.0 Å². The molecular weight excluding hydrogens is 503 g/mol. The van der Waals surface area contributed by atoms with Gasteiger partial charge in [0.15, 0.2) is 5.69 Å². The Kier molecular flexibility index (Phi) is 5.84. The Hall–Kier alpha value is -2.21. The molecule has 1 heterocycles. The molecule has 2 amide bonds. The molecule has 1 aromatic carbocycles. The molecule has 0 radical (unpaired) electrons. The van der Waals surface area contributed by atoms with Gasteiger partial charge < -0.3 is 10.6 Å². The van der Waals surface area contributed by atoms with Gasteiger partial charge in [-0.15, -0.1) is 0 Å². The molecule has 1 aromatic heterocycles. The Morgan fingerprint density at radius 1 is 1.20 bits per heavy atom. The molecule has 162 valence electrons. The molecule has 0 aliphatic heterocycles. The zero-order valence-corrected chi connectivity index (χ0v) is 17.4. The summed E-state index contributed by atoms with van der Waals surface area (Å²) in [5.41, 5.74) is -2.03. The van der Waals surface area contributed by atoms with Crippen LogP contribution in [0.25, 0.3) is 0 Å². The number of anilines is 1. The molecule has 1 fully saturated rings. The maximum absolute atomic E-state index is 13.7. The summed E-state index contributed by atoms with van der Waals surface area (Å²) in [7, 11) is 1.05. The van der Waals surface area contributed by atoms with Gasteiger partial charge in [0, 0.05) is 18.8 Å². The number of nitrogens with zero attached hydrogens (tertiary/aromatic N) is 2. The summed E-state index contributed by atoms with van der Waals surface area (Å²) in [6.07, 6.45) is -4.20. The van der Waals surface area contributed by atoms with Crippen LogP contribution in [0.5, 0.6) is 0 Å². The average Bonchev–Trinajstić information content (AvgIpc) is 3.38. The number of nitrogens with one attached hydrogen (secondary N) is 2. The fraction of sp³-hybridized carbons (Fsp3) is 0.353. The number of carbonyl (C=O) groups is 2. The molecule has 2 N–H and O–H groups in total. The number of carbonyl (C=O) groups excluding carboxylic acids is 2. The zero-order chi connectivity index (χ0) is 22.4. The monoisotopic (exact) mass is 514 g/mol. The van der Waals surface area contributed by atoms with Crippen LogP contribution in [0.4, 0.5) is 27.6 Å². The summed E-state index contributed by atoms with van der Waals surface area (Å²) in [5.74, 6) is -6.74. The van der Waals surface area contributed by atoms with E-state index in [9.17, 15) is 31.5 Å². The van der Waals surface area contributed by atoms with Crippen LogP contribution in [-0.4, -0.2) is 33.8 Å². The molecule has 30 heavy (non-hydrogen) atoms. The van der Waals surface area contributed by atoms with Crippen molar-refractivity contribution in [3.8, 4) is 0 Å². The zero-order valence-electron chi connectivity index (χ0n) is 15.1. The minimum absolute atomic E-state index is 0.0610. The smallest absolute Gasteiger partial charge is 0.349 e. The van der Waals surface area contributed by atoms with Crippen LogP contribution in [-0.2, 0) is 13.0 Å². The van der Waals surface area contributed by atoms with Gasteiger partial charge in [0.2, 0.25) is 0 Å². The quantitative estimate of drug-likeness (QED) is 0.570. The highest BCUT2D eigenvalue weighted by atomic mass is 79.9. The first-order valence-corrected chi connectivity index (χ1v) is 9.59. The van der Waals surface area contributed by atoms with Crippen molar-refractivity contribution < 1.29 is 31.5 Å². The number of rotatable bonds is 5. The van der Waals surface area contributed by atoms with E-state index >= 15 is 0 Å². The molecule has 1 saturated carbocycles. The van der Waals surface area contributed by atoms with Gasteiger partial charge in [-0.25, -0.2) is 0 Å². The third-order valence-corrected chi connectivity index (χ3v) is 5.32. The summed E-state index contributed by atoms with van der Waals surface area (Å²) in [5, 5.41) is 8.36. The van der Waals surface area contributed by atoms with Gasteiger partial charge >= 0.3 is 12.1 Å². The standard InChI is InChI=1S/C17H13BrClF5N4O2/c1-28-12(11(18)13(27-28)16(20,21)17(22,23)24)15(30)26-8-4-5-10(19)9(6-8)14(29)25-7-2-3-7/h4-7H,2-3H2,1H3,(H,25,29)(H,26,30). The molecule has 0 atom stereocenters. The Morgan fingerprint density at radius 2 is 1.83 bits per heavy atom. The molecule has 0 bridgehead atoms. The molecule has 3 rings (SSSR count). The van der Waals surface area contributed by atoms with E-state index in [1.54, 1.807) is 0 Å². The van der Waals surface area contributed by atoms with Crippen molar-refractivity contribution >= 4 is 45.0 Å². The van der Waals surface area contributed by atoms with Crippen LogP contribution in [0, 0.1) is 0 Å². The minimum Gasteiger partial charge on any atom is -0.349 e. The van der Waals surface area contributed by atoms with E-state index in [1.807, 2.05) is 0 Å². The van der Waals surface area contributed by atoms with Crippen molar-refractivity contribution in [2.75, 3.05) is 5.32 Å². The lowest BCUT2D eigenvalue weighted by molar-refractivity contribution is -0.291. The first-order valence-electron chi connectivity index (χ1n) is 8.42. The molecular formula is C17H13BrClF5N4O2. The number of halogens is 7. The maximum atomic E-state index is 13.7. The molecule has 0 saturated heterocycles. The molecule has 6 nitrogen and oxygen atoms in total. The van der Waals surface area contributed by atoms with Crippen LogP contribution >= 0.6 is 27.5 Å². The van der Waals surface area contributed by atoms with Crippen LogP contribution in [0.1, 0.15) is 39.4 Å². The number of aromatic nitrogens is 2. The molecule has 0 unspecified atom stereocenters. The van der Waals surface area contributed by atoms with Gasteiger partial charge in [0.05, 0.1) is 15.1 Å². The largest absolute Gasteiger partial charge is 0.459 e. The lowest BCUT2D eigenvalue weighted by Gasteiger charge is -2.17. The molecule has 0 spiro atoms. The number of amides is 2. The van der Waals surface area contributed by atoms with Crippen molar-refractivity contribution in [1.29, 1.82) is 0 Å². The predicted molar refractivity (Wildman–Crippen MR) is 101 cm³/mol. The normalized spacial score (nSPS) is 14.5. The minimum atomic E-state index is -5.89. The first-order chi connectivity index (χ1) is 13.8. The van der Waals surface area contributed by atoms with Crippen molar-refractivity contribution in [2.24, 2.45) is 7.05 Å². The summed E-state index contributed by atoms with van der Waals surface area (Å²) in [4.78, 5) is 24.8. The van der Waals surface area contributed by atoms with Crippen molar-refractivity contribution in [1.82, 2.24) is 15.1 Å². The Labute approximate surface area is 179 Å². The SMILES string of the molecule is Cn1nc(C(F)(F)C(F)(F)F)c(Br)c1C(=O)Nc1ccc(Cl)c(C(=O)NC2CC2)c1. The summed E-state index contributed by atoms with van der Waals surface area (Å²) >= 11 is 8.63. The lowest BCUT2D eigenvalue weighted by atomic mass is 10.1. The van der Waals surface area contributed by atoms with Gasteiger partial charge in [0.1, 0.15) is 5.69 Å². The number of hydrogen-bond acceptors (Lipinski definition) is 3. The number of aryl methyl sites for hydroxylation is 1. The summed E-state index contributed by atoms with van der Waals surface area (Å²) in [6, 6.07) is 4.03. The van der Waals surface area contributed by atoms with Gasteiger partial charge in [-0.1, -0.05) is 11.6 Å². The Bertz CT molecular complexity index is 1020. The highest BCUT2D eigenvalue weighted by Crippen LogP contribution is 2.46. The van der Waals surface area contributed by atoms with Crippen molar-refractivity contribution in [2.45, 2.75) is 31.0 Å². The van der Waals surface area contributed by atoms with Gasteiger partial charge in [-0.2, -0.15) is 27.1 Å². The van der Waals surface area contributed by atoms with E-state index in [2.05, 4.69) is 31.7 Å². The summed E-state index contributed by atoms with van der Waals surface area (Å²) in [6.45, 7) is 0. The van der Waals surface area contributed by atoms with E-state index in [4.69, 9.17) is 11.6 Å². The van der Waals surface area contributed by atoms with Crippen LogP contribution in [0.3, 0.4) is 0 Å². The highest BCUT2D eigenvalue weighted by Gasteiger charge is 2.61. The third-order valence-electron chi connectivity index (χ3n) is 4.24. The topological polar surface area (TPSA) is 76.0 Å². The van der Waals surface area contributed by atoms with Crippen LogP contribution in [0.2, 0.25) is 5.02 Å². The number of alkyl halides is 5. The fourth-order valence-corrected chi connectivity index (χ4v) is 3.51. The first kappa shape index (κ1) is 22.5. The van der Waals surface area contributed by atoms with E-state index in [-0.39, 0.29) is 22.3 Å². The molecule has 1 aliphatic carbocycles. The molecule has 13 heteroatoms. The van der Waals surface area contributed by atoms with E-state index in [0.717, 1.165) is 19.9 Å². The van der Waals surface area contributed by atoms with E-state index in [0.29, 0.717) is 4.68 Å². The molecule has 2 aromatic rings. The average molecular weight is 516 g/mol. The Morgan fingerprint density at radius 3 is 2.40 bits per heavy atom. The highest BCUT2D eigenvalue weighted by molar-refractivity contribution is 9.10. The maximum Gasteiger partial charge on any atom is 0.459 e.